The number of benzene rings is 1. The molecule has 1 aromatic rings. The van der Waals surface area contributed by atoms with Crippen molar-refractivity contribution in [3.63, 3.8) is 0 Å². The molecule has 1 amide bonds. The third-order valence-electron chi connectivity index (χ3n) is 3.99. The first-order valence-electron chi connectivity index (χ1n) is 6.71. The number of likely N-dealkylation sites (tertiary alicyclic amines) is 1. The van der Waals surface area contributed by atoms with Crippen molar-refractivity contribution in [3.05, 3.63) is 35.4 Å². The lowest BCUT2D eigenvalue weighted by Crippen LogP contribution is -2.51. The molecular formula is C15H22N2O. The molecule has 98 valence electrons. The molecule has 1 fully saturated rings. The molecule has 1 aromatic carbocycles. The van der Waals surface area contributed by atoms with E-state index in [1.54, 1.807) is 0 Å². The minimum atomic E-state index is 0.134. The summed E-state index contributed by atoms with van der Waals surface area (Å²) in [6.45, 7) is 5.56. The number of amides is 1. The van der Waals surface area contributed by atoms with E-state index in [0.29, 0.717) is 12.5 Å². The van der Waals surface area contributed by atoms with Gasteiger partial charge in [-0.25, -0.2) is 0 Å². The number of hydrogen-bond acceptors (Lipinski definition) is 2. The highest BCUT2D eigenvalue weighted by molar-refractivity contribution is 5.95. The number of carbonyl (C=O) groups is 1. The first-order valence-corrected chi connectivity index (χ1v) is 6.71. The molecule has 0 saturated carbocycles. The average molecular weight is 246 g/mol. The predicted molar refractivity (Wildman–Crippen MR) is 73.5 cm³/mol. The fraction of sp³-hybridized carbons (Fsp3) is 0.533. The zero-order valence-electron chi connectivity index (χ0n) is 11.2. The summed E-state index contributed by atoms with van der Waals surface area (Å²) in [5.74, 6) is 0.631. The van der Waals surface area contributed by atoms with E-state index in [9.17, 15) is 4.79 Å². The first-order chi connectivity index (χ1) is 8.65. The lowest BCUT2D eigenvalue weighted by atomic mass is 9.90. The van der Waals surface area contributed by atoms with Gasteiger partial charge in [0.15, 0.2) is 0 Å². The van der Waals surface area contributed by atoms with Gasteiger partial charge in [0.1, 0.15) is 0 Å². The topological polar surface area (TPSA) is 46.3 Å². The summed E-state index contributed by atoms with van der Waals surface area (Å²) in [5, 5.41) is 0. The standard InChI is InChI=1S/C15H22N2O/c1-11-6-3-4-8-13(11)15(18)17-9-5-7-12(2)14(17)10-16/h3-4,6,8,12,14H,5,7,9-10,16H2,1-2H3/t12-,14-/m1/s1. The third-order valence-corrected chi connectivity index (χ3v) is 3.99. The summed E-state index contributed by atoms with van der Waals surface area (Å²) >= 11 is 0. The van der Waals surface area contributed by atoms with Crippen LogP contribution < -0.4 is 5.73 Å². The van der Waals surface area contributed by atoms with E-state index in [0.717, 1.165) is 24.1 Å². The number of carbonyl (C=O) groups excluding carboxylic acids is 1. The Morgan fingerprint density at radius 1 is 1.44 bits per heavy atom. The monoisotopic (exact) mass is 246 g/mol. The predicted octanol–water partition coefficient (Wildman–Crippen LogP) is 2.19. The van der Waals surface area contributed by atoms with Crippen LogP contribution in [0.2, 0.25) is 0 Å². The highest BCUT2D eigenvalue weighted by Gasteiger charge is 2.31. The molecule has 0 radical (unpaired) electrons. The molecule has 1 aliphatic heterocycles. The Kier molecular flexibility index (Phi) is 4.02. The van der Waals surface area contributed by atoms with Crippen molar-refractivity contribution in [1.82, 2.24) is 4.90 Å². The Bertz CT molecular complexity index is 430. The minimum absolute atomic E-state index is 0.134. The van der Waals surface area contributed by atoms with Crippen LogP contribution in [0.25, 0.3) is 0 Å². The molecular weight excluding hydrogens is 224 g/mol. The number of nitrogens with zero attached hydrogens (tertiary/aromatic N) is 1. The highest BCUT2D eigenvalue weighted by Crippen LogP contribution is 2.25. The van der Waals surface area contributed by atoms with Crippen LogP contribution in [0.4, 0.5) is 0 Å². The number of piperidine rings is 1. The van der Waals surface area contributed by atoms with Gasteiger partial charge in [-0.15, -0.1) is 0 Å². The van der Waals surface area contributed by atoms with Gasteiger partial charge in [-0.1, -0.05) is 25.1 Å². The quantitative estimate of drug-likeness (QED) is 0.869. The van der Waals surface area contributed by atoms with E-state index < -0.39 is 0 Å². The third kappa shape index (κ3) is 2.41. The number of rotatable bonds is 2. The lowest BCUT2D eigenvalue weighted by Gasteiger charge is -2.39. The Morgan fingerprint density at radius 2 is 2.17 bits per heavy atom. The second-order valence-electron chi connectivity index (χ2n) is 5.24. The van der Waals surface area contributed by atoms with Gasteiger partial charge in [0, 0.05) is 24.7 Å². The van der Waals surface area contributed by atoms with Crippen molar-refractivity contribution in [1.29, 1.82) is 0 Å². The van der Waals surface area contributed by atoms with Crippen LogP contribution in [0, 0.1) is 12.8 Å². The first kappa shape index (κ1) is 13.1. The highest BCUT2D eigenvalue weighted by atomic mass is 16.2. The molecule has 3 heteroatoms. The van der Waals surface area contributed by atoms with Crippen LogP contribution in [0.3, 0.4) is 0 Å². The zero-order chi connectivity index (χ0) is 13.1. The van der Waals surface area contributed by atoms with Crippen LogP contribution in [-0.4, -0.2) is 29.9 Å². The molecule has 0 bridgehead atoms. The van der Waals surface area contributed by atoms with Crippen LogP contribution in [-0.2, 0) is 0 Å². The summed E-state index contributed by atoms with van der Waals surface area (Å²) in [6.07, 6.45) is 2.24. The fourth-order valence-corrected chi connectivity index (χ4v) is 2.83. The van der Waals surface area contributed by atoms with E-state index in [4.69, 9.17) is 5.73 Å². The van der Waals surface area contributed by atoms with E-state index in [1.807, 2.05) is 36.1 Å². The number of nitrogens with two attached hydrogens (primary N) is 1. The van der Waals surface area contributed by atoms with Gasteiger partial charge < -0.3 is 10.6 Å². The summed E-state index contributed by atoms with van der Waals surface area (Å²) in [7, 11) is 0. The number of aryl methyl sites for hydroxylation is 1. The van der Waals surface area contributed by atoms with Crippen LogP contribution in [0.5, 0.6) is 0 Å². The van der Waals surface area contributed by atoms with Crippen LogP contribution in [0.15, 0.2) is 24.3 Å². The normalized spacial score (nSPS) is 24.1. The molecule has 3 nitrogen and oxygen atoms in total. The van der Waals surface area contributed by atoms with Gasteiger partial charge in [-0.2, -0.15) is 0 Å². The second kappa shape index (κ2) is 5.53. The van der Waals surface area contributed by atoms with Crippen LogP contribution in [0.1, 0.15) is 35.7 Å². The number of hydrogen-bond donors (Lipinski definition) is 1. The van der Waals surface area contributed by atoms with Gasteiger partial charge in [0.2, 0.25) is 0 Å². The van der Waals surface area contributed by atoms with E-state index in [1.165, 1.54) is 6.42 Å². The Hall–Kier alpha value is -1.35. The lowest BCUT2D eigenvalue weighted by molar-refractivity contribution is 0.0532. The maximum Gasteiger partial charge on any atom is 0.254 e. The molecule has 0 spiro atoms. The molecule has 2 N–H and O–H groups in total. The molecule has 1 saturated heterocycles. The zero-order valence-corrected chi connectivity index (χ0v) is 11.2. The molecule has 1 aliphatic rings. The second-order valence-corrected chi connectivity index (χ2v) is 5.24. The van der Waals surface area contributed by atoms with Crippen molar-refractivity contribution in [2.45, 2.75) is 32.7 Å². The summed E-state index contributed by atoms with van der Waals surface area (Å²) in [6, 6.07) is 7.96. The molecule has 18 heavy (non-hydrogen) atoms. The Balaban J connectivity index is 2.25. The molecule has 0 aliphatic carbocycles. The summed E-state index contributed by atoms with van der Waals surface area (Å²) in [4.78, 5) is 14.6. The van der Waals surface area contributed by atoms with Crippen molar-refractivity contribution < 1.29 is 4.79 Å². The Morgan fingerprint density at radius 3 is 2.83 bits per heavy atom. The Labute approximate surface area is 109 Å². The molecule has 0 unspecified atom stereocenters. The van der Waals surface area contributed by atoms with Crippen molar-refractivity contribution in [2.24, 2.45) is 11.7 Å². The maximum absolute atomic E-state index is 12.6. The SMILES string of the molecule is Cc1ccccc1C(=O)N1CCC[C@@H](C)[C@H]1CN. The molecule has 2 atom stereocenters. The van der Waals surface area contributed by atoms with Gasteiger partial charge in [-0.3, -0.25) is 4.79 Å². The molecule has 2 rings (SSSR count). The average Bonchev–Trinajstić information content (AvgIpc) is 2.38. The summed E-state index contributed by atoms with van der Waals surface area (Å²) < 4.78 is 0. The minimum Gasteiger partial charge on any atom is -0.334 e. The largest absolute Gasteiger partial charge is 0.334 e. The van der Waals surface area contributed by atoms with Crippen molar-refractivity contribution >= 4 is 5.91 Å². The smallest absolute Gasteiger partial charge is 0.254 e. The van der Waals surface area contributed by atoms with Gasteiger partial charge >= 0.3 is 0 Å². The van der Waals surface area contributed by atoms with Crippen molar-refractivity contribution in [2.75, 3.05) is 13.1 Å². The van der Waals surface area contributed by atoms with Gasteiger partial charge in [0.25, 0.3) is 5.91 Å². The van der Waals surface area contributed by atoms with Gasteiger partial charge in [0.05, 0.1) is 0 Å². The van der Waals surface area contributed by atoms with Gasteiger partial charge in [-0.05, 0) is 37.3 Å². The van der Waals surface area contributed by atoms with E-state index in [2.05, 4.69) is 6.92 Å². The van der Waals surface area contributed by atoms with E-state index >= 15 is 0 Å². The fourth-order valence-electron chi connectivity index (χ4n) is 2.83. The summed E-state index contributed by atoms with van der Waals surface area (Å²) in [5.41, 5.74) is 7.69. The van der Waals surface area contributed by atoms with E-state index in [-0.39, 0.29) is 11.9 Å². The van der Waals surface area contributed by atoms with Crippen LogP contribution >= 0.6 is 0 Å². The van der Waals surface area contributed by atoms with Crippen molar-refractivity contribution in [3.8, 4) is 0 Å². The molecule has 0 aromatic heterocycles. The maximum atomic E-state index is 12.6. The molecule has 1 heterocycles.